The number of ether oxygens (including phenoxy) is 2. The predicted octanol–water partition coefficient (Wildman–Crippen LogP) is 2.58. The maximum absolute atomic E-state index is 10.1. The normalized spacial score (nSPS) is 12.0. The molecule has 0 saturated heterocycles. The van der Waals surface area contributed by atoms with E-state index in [1.165, 1.54) is 74.2 Å². The summed E-state index contributed by atoms with van der Waals surface area (Å²) in [6.45, 7) is 25.5. The smallest absolute Gasteiger partial charge is 0.110 e. The third kappa shape index (κ3) is 21.0. The van der Waals surface area contributed by atoms with E-state index in [0.29, 0.717) is 0 Å². The lowest BCUT2D eigenvalue weighted by Crippen LogP contribution is -2.48. The summed E-state index contributed by atoms with van der Waals surface area (Å²) in [5.74, 6) is 0. The average Bonchev–Trinajstić information content (AvgIpc) is 2.69. The fourth-order valence-electron chi connectivity index (χ4n) is 3.38. The van der Waals surface area contributed by atoms with Gasteiger partial charge in [0, 0.05) is 27.1 Å². The van der Waals surface area contributed by atoms with Gasteiger partial charge in [-0.25, -0.2) is 4.20 Å². The molecule has 0 spiro atoms. The molecule has 0 atom stereocenters. The molecule has 0 N–H and O–H groups in total. The van der Waals surface area contributed by atoms with Gasteiger partial charge in [0.15, 0.2) is 0 Å². The largest absolute Gasteiger partial charge is 0.786 e. The predicted molar refractivity (Wildman–Crippen MR) is 115 cm³/mol. The van der Waals surface area contributed by atoms with Crippen molar-refractivity contribution in [2.75, 3.05) is 79.8 Å². The molecular formula is C20H48FN2O5P. The van der Waals surface area contributed by atoms with Gasteiger partial charge in [-0.1, -0.05) is 0 Å². The van der Waals surface area contributed by atoms with Gasteiger partial charge in [-0.05, 0) is 41.5 Å². The first-order valence-electron chi connectivity index (χ1n) is 10.9. The van der Waals surface area contributed by atoms with Crippen molar-refractivity contribution >= 4 is 7.91 Å². The first-order valence-corrected chi connectivity index (χ1v) is 12.3. The number of hydrogen-bond acceptors (Lipinski definition) is 5. The van der Waals surface area contributed by atoms with Crippen molar-refractivity contribution in [1.82, 2.24) is 0 Å². The molecule has 0 aliphatic carbocycles. The van der Waals surface area contributed by atoms with Crippen LogP contribution in [-0.2, 0) is 14.0 Å². The lowest BCUT2D eigenvalue weighted by molar-refractivity contribution is -0.923. The summed E-state index contributed by atoms with van der Waals surface area (Å²) in [6, 6.07) is 0. The Morgan fingerprint density at radius 1 is 0.690 bits per heavy atom. The van der Waals surface area contributed by atoms with Crippen molar-refractivity contribution in [3.63, 3.8) is 0 Å². The van der Waals surface area contributed by atoms with Gasteiger partial charge < -0.3 is 32.8 Å². The van der Waals surface area contributed by atoms with Crippen LogP contribution in [0.25, 0.3) is 0 Å². The van der Waals surface area contributed by atoms with Crippen LogP contribution in [0, 0.1) is 0 Å². The van der Waals surface area contributed by atoms with Gasteiger partial charge in [0.05, 0.1) is 65.6 Å². The van der Waals surface area contributed by atoms with Crippen LogP contribution < -0.4 is 9.79 Å². The van der Waals surface area contributed by atoms with Crippen molar-refractivity contribution in [1.29, 1.82) is 0 Å². The van der Waals surface area contributed by atoms with Crippen LogP contribution in [0.1, 0.15) is 54.4 Å². The molecule has 9 heteroatoms. The first kappa shape index (κ1) is 33.6. The van der Waals surface area contributed by atoms with Gasteiger partial charge in [0.2, 0.25) is 0 Å². The molecule has 7 nitrogen and oxygen atoms in total. The van der Waals surface area contributed by atoms with Crippen LogP contribution >= 0.6 is 7.91 Å². The third-order valence-corrected chi connectivity index (χ3v) is 5.99. The summed E-state index contributed by atoms with van der Waals surface area (Å²) in [7, 11) is -2.09. The molecule has 0 amide bonds. The number of methoxy groups -OCH3 is 2. The number of nitrogens with zero attached hydrogens (tertiary/aromatic N) is 2. The minimum absolute atomic E-state index is 0.903. The number of rotatable bonds is 14. The van der Waals surface area contributed by atoms with E-state index in [1.807, 2.05) is 0 Å². The molecule has 0 aliphatic heterocycles. The van der Waals surface area contributed by atoms with E-state index >= 15 is 0 Å². The van der Waals surface area contributed by atoms with Crippen molar-refractivity contribution in [3.05, 3.63) is 0 Å². The van der Waals surface area contributed by atoms with Gasteiger partial charge in [0.1, 0.15) is 7.91 Å². The van der Waals surface area contributed by atoms with E-state index in [9.17, 15) is 4.20 Å². The lowest BCUT2D eigenvalue weighted by Gasteiger charge is -2.35. The number of halogens is 1. The molecule has 29 heavy (non-hydrogen) atoms. The molecule has 0 rings (SSSR count). The Bertz CT molecular complexity index is 338. The summed E-state index contributed by atoms with van der Waals surface area (Å²) in [4.78, 5) is 16.9. The van der Waals surface area contributed by atoms with Crippen LogP contribution in [0.2, 0.25) is 0 Å². The molecule has 0 aromatic rings. The van der Waals surface area contributed by atoms with E-state index in [1.54, 1.807) is 14.2 Å². The van der Waals surface area contributed by atoms with Crippen molar-refractivity contribution < 1.29 is 37.0 Å². The van der Waals surface area contributed by atoms with Gasteiger partial charge in [-0.2, -0.15) is 0 Å². The second-order valence-electron chi connectivity index (χ2n) is 7.15. The lowest BCUT2D eigenvalue weighted by atomic mass is 10.3. The molecule has 0 bridgehead atoms. The van der Waals surface area contributed by atoms with Crippen molar-refractivity contribution in [2.45, 2.75) is 54.4 Å². The van der Waals surface area contributed by atoms with Crippen LogP contribution in [0.15, 0.2) is 0 Å². The Morgan fingerprint density at radius 3 is 1.03 bits per heavy atom. The van der Waals surface area contributed by atoms with E-state index < -0.39 is 7.91 Å². The van der Waals surface area contributed by atoms with E-state index in [4.69, 9.17) is 23.8 Å². The van der Waals surface area contributed by atoms with E-state index in [-0.39, 0.29) is 0 Å². The Labute approximate surface area is 179 Å². The van der Waals surface area contributed by atoms with Crippen LogP contribution in [0.4, 0.5) is 4.20 Å². The SMILES string of the molecule is CC[N+](CC)(CC)CCCOC.CC[N+](CC)(CC)CCCOC.O=P([O-])([O-])F. The zero-order valence-electron chi connectivity index (χ0n) is 20.2. The summed E-state index contributed by atoms with van der Waals surface area (Å²) in [5, 5.41) is 0. The standard InChI is InChI=1S/2C10H24NO.FH2O3P/c2*1-5-11(6-2,7-3)9-8-10-12-4;1-5(2,3)4/h2*5-10H2,1-4H3;(H2,2,3,4)/q2*+1;/p-2. The highest BCUT2D eigenvalue weighted by Gasteiger charge is 2.20. The fraction of sp³-hybridized carbons (Fsp3) is 1.00. The molecule has 0 heterocycles. The molecular weight excluding hydrogens is 398 g/mol. The fourth-order valence-corrected chi connectivity index (χ4v) is 3.38. The van der Waals surface area contributed by atoms with Gasteiger partial charge in [-0.3, -0.25) is 0 Å². The Morgan fingerprint density at radius 2 is 0.897 bits per heavy atom. The highest BCUT2D eigenvalue weighted by Crippen LogP contribution is 2.22. The molecule has 0 saturated carbocycles. The maximum Gasteiger partial charge on any atom is 0.110 e. The number of hydrogen-bond donors (Lipinski definition) is 0. The third-order valence-electron chi connectivity index (χ3n) is 5.99. The van der Waals surface area contributed by atoms with E-state index in [2.05, 4.69) is 41.5 Å². The molecule has 0 fully saturated rings. The summed E-state index contributed by atoms with van der Waals surface area (Å²) in [5.41, 5.74) is 0. The minimum atomic E-state index is -5.64. The minimum Gasteiger partial charge on any atom is -0.786 e. The Balaban J connectivity index is -0.000000380. The zero-order valence-corrected chi connectivity index (χ0v) is 21.1. The molecule has 180 valence electrons. The number of quaternary nitrogens is 2. The zero-order chi connectivity index (χ0) is 23.4. The Hall–Kier alpha value is -0.0800. The van der Waals surface area contributed by atoms with Crippen molar-refractivity contribution in [3.8, 4) is 0 Å². The molecule has 0 radical (unpaired) electrons. The maximum atomic E-state index is 10.1. The molecule has 0 unspecified atom stereocenters. The highest BCUT2D eigenvalue weighted by molar-refractivity contribution is 7.42. The summed E-state index contributed by atoms with van der Waals surface area (Å²) in [6.07, 6.45) is 2.37. The first-order chi connectivity index (χ1) is 13.5. The second-order valence-corrected chi connectivity index (χ2v) is 8.01. The van der Waals surface area contributed by atoms with Gasteiger partial charge in [-0.15, -0.1) is 0 Å². The Kier molecular flexibility index (Phi) is 23.0. The van der Waals surface area contributed by atoms with Crippen LogP contribution in [-0.4, -0.2) is 88.8 Å². The van der Waals surface area contributed by atoms with Crippen LogP contribution in [0.5, 0.6) is 0 Å². The van der Waals surface area contributed by atoms with Gasteiger partial charge >= 0.3 is 0 Å². The highest BCUT2D eigenvalue weighted by atomic mass is 31.2. The second kappa shape index (κ2) is 19.9. The van der Waals surface area contributed by atoms with Gasteiger partial charge in [0.25, 0.3) is 0 Å². The quantitative estimate of drug-likeness (QED) is 0.233. The van der Waals surface area contributed by atoms with Crippen molar-refractivity contribution in [2.24, 2.45) is 0 Å². The average molecular weight is 447 g/mol. The summed E-state index contributed by atoms with van der Waals surface area (Å²) < 4.78 is 31.2. The molecule has 0 aliphatic rings. The van der Waals surface area contributed by atoms with E-state index in [0.717, 1.165) is 13.2 Å². The molecule has 0 aromatic heterocycles. The topological polar surface area (TPSA) is 81.7 Å². The monoisotopic (exact) mass is 446 g/mol. The molecule has 0 aromatic carbocycles. The van der Waals surface area contributed by atoms with Crippen LogP contribution in [0.3, 0.4) is 0 Å². The summed E-state index contributed by atoms with van der Waals surface area (Å²) >= 11 is 0.